The van der Waals surface area contributed by atoms with Crippen molar-refractivity contribution in [1.82, 2.24) is 14.7 Å². The molecular weight excluding hydrogens is 290 g/mol. The van der Waals surface area contributed by atoms with Crippen molar-refractivity contribution < 1.29 is 9.53 Å². The van der Waals surface area contributed by atoms with Crippen LogP contribution >= 0.6 is 0 Å². The monoisotopic (exact) mass is 313 g/mol. The third-order valence-corrected chi connectivity index (χ3v) is 4.38. The van der Waals surface area contributed by atoms with E-state index in [2.05, 4.69) is 5.10 Å². The molecule has 2 heterocycles. The van der Waals surface area contributed by atoms with Crippen molar-refractivity contribution in [1.29, 1.82) is 0 Å². The third-order valence-electron chi connectivity index (χ3n) is 4.38. The van der Waals surface area contributed by atoms with E-state index in [1.807, 2.05) is 59.2 Å². The topological polar surface area (TPSA) is 47.4 Å². The predicted molar refractivity (Wildman–Crippen MR) is 87.9 cm³/mol. The minimum absolute atomic E-state index is 0.0464. The maximum atomic E-state index is 13.0. The van der Waals surface area contributed by atoms with Crippen LogP contribution in [0.4, 0.5) is 0 Å². The highest BCUT2D eigenvalue weighted by Gasteiger charge is 2.34. The standard InChI is InChI=1S/C18H23N3O2/c1-14-11-19-20(12-14)13-16-9-6-10-21(16)18(22)17(23-2)15-7-4-3-5-8-15/h3-5,7-8,11-12,16-17H,6,9-10,13H2,1-2H3/t16-,17-/m0/s1. The normalized spacial score (nSPS) is 19.0. The van der Waals surface area contributed by atoms with Gasteiger partial charge in [-0.15, -0.1) is 0 Å². The highest BCUT2D eigenvalue weighted by Crippen LogP contribution is 2.26. The predicted octanol–water partition coefficient (Wildman–Crippen LogP) is 2.57. The van der Waals surface area contributed by atoms with Gasteiger partial charge in [-0.05, 0) is 30.9 Å². The third kappa shape index (κ3) is 3.45. The molecule has 0 saturated carbocycles. The van der Waals surface area contributed by atoms with E-state index in [-0.39, 0.29) is 11.9 Å². The number of nitrogens with zero attached hydrogens (tertiary/aromatic N) is 3. The summed E-state index contributed by atoms with van der Waals surface area (Å²) in [6, 6.07) is 9.87. The molecule has 122 valence electrons. The average molecular weight is 313 g/mol. The molecule has 5 heteroatoms. The average Bonchev–Trinajstić information content (AvgIpc) is 3.18. The number of rotatable bonds is 5. The number of likely N-dealkylation sites (tertiary alicyclic amines) is 1. The van der Waals surface area contributed by atoms with Crippen LogP contribution in [0.3, 0.4) is 0 Å². The van der Waals surface area contributed by atoms with E-state index in [0.717, 1.165) is 37.1 Å². The number of carbonyl (C=O) groups excluding carboxylic acids is 1. The van der Waals surface area contributed by atoms with Crippen LogP contribution in [0.25, 0.3) is 0 Å². The Kier molecular flexibility index (Phi) is 4.76. The van der Waals surface area contributed by atoms with E-state index in [9.17, 15) is 4.79 Å². The van der Waals surface area contributed by atoms with E-state index in [0.29, 0.717) is 0 Å². The van der Waals surface area contributed by atoms with Crippen molar-refractivity contribution >= 4 is 5.91 Å². The Hall–Kier alpha value is -2.14. The van der Waals surface area contributed by atoms with Gasteiger partial charge in [-0.3, -0.25) is 9.48 Å². The molecule has 1 aromatic carbocycles. The molecule has 0 N–H and O–H groups in total. The van der Waals surface area contributed by atoms with Crippen molar-refractivity contribution in [3.8, 4) is 0 Å². The van der Waals surface area contributed by atoms with Gasteiger partial charge in [0.1, 0.15) is 0 Å². The van der Waals surface area contributed by atoms with E-state index < -0.39 is 6.10 Å². The van der Waals surface area contributed by atoms with Crippen LogP contribution in [-0.4, -0.2) is 40.3 Å². The van der Waals surface area contributed by atoms with E-state index in [1.165, 1.54) is 0 Å². The summed E-state index contributed by atoms with van der Waals surface area (Å²) in [7, 11) is 1.59. The summed E-state index contributed by atoms with van der Waals surface area (Å²) in [6.07, 6.45) is 5.38. The van der Waals surface area contributed by atoms with Crippen molar-refractivity contribution in [2.75, 3.05) is 13.7 Å². The summed E-state index contributed by atoms with van der Waals surface area (Å²) >= 11 is 0. The molecule has 1 saturated heterocycles. The fraction of sp³-hybridized carbons (Fsp3) is 0.444. The van der Waals surface area contributed by atoms with Crippen molar-refractivity contribution in [3.05, 3.63) is 53.9 Å². The van der Waals surface area contributed by atoms with Crippen LogP contribution in [0.5, 0.6) is 0 Å². The fourth-order valence-electron chi connectivity index (χ4n) is 3.26. The second kappa shape index (κ2) is 6.96. The first-order valence-corrected chi connectivity index (χ1v) is 8.06. The Labute approximate surface area is 136 Å². The van der Waals surface area contributed by atoms with Crippen LogP contribution in [0.1, 0.15) is 30.1 Å². The van der Waals surface area contributed by atoms with Crippen molar-refractivity contribution in [3.63, 3.8) is 0 Å². The number of ether oxygens (including phenoxy) is 1. The molecule has 1 amide bonds. The van der Waals surface area contributed by atoms with Gasteiger partial charge in [0.25, 0.3) is 5.91 Å². The number of hydrogen-bond donors (Lipinski definition) is 0. The Morgan fingerprint density at radius 1 is 1.39 bits per heavy atom. The Morgan fingerprint density at radius 3 is 2.83 bits per heavy atom. The first kappa shape index (κ1) is 15.7. The summed E-state index contributed by atoms with van der Waals surface area (Å²) in [4.78, 5) is 14.9. The maximum absolute atomic E-state index is 13.0. The minimum atomic E-state index is -0.531. The summed E-state index contributed by atoms with van der Waals surface area (Å²) in [5.74, 6) is 0.0464. The molecule has 1 aliphatic heterocycles. The fourth-order valence-corrected chi connectivity index (χ4v) is 3.26. The van der Waals surface area contributed by atoms with Gasteiger partial charge in [-0.1, -0.05) is 30.3 Å². The lowest BCUT2D eigenvalue weighted by atomic mass is 10.1. The molecule has 5 nitrogen and oxygen atoms in total. The molecule has 3 rings (SSSR count). The van der Waals surface area contributed by atoms with E-state index >= 15 is 0 Å². The quantitative estimate of drug-likeness (QED) is 0.852. The van der Waals surface area contributed by atoms with Gasteiger partial charge in [0.2, 0.25) is 0 Å². The SMILES string of the molecule is CO[C@H](C(=O)N1CCC[C@H]1Cn1cc(C)cn1)c1ccccc1. The van der Waals surface area contributed by atoms with Gasteiger partial charge in [-0.2, -0.15) is 5.10 Å². The number of amides is 1. The molecule has 0 aliphatic carbocycles. The van der Waals surface area contributed by atoms with Gasteiger partial charge in [0.15, 0.2) is 6.10 Å². The molecular formula is C18H23N3O2. The van der Waals surface area contributed by atoms with Crippen LogP contribution in [0, 0.1) is 6.92 Å². The molecule has 0 spiro atoms. The van der Waals surface area contributed by atoms with Gasteiger partial charge >= 0.3 is 0 Å². The molecule has 1 aromatic heterocycles. The summed E-state index contributed by atoms with van der Waals surface area (Å²) in [6.45, 7) is 3.55. The second-order valence-corrected chi connectivity index (χ2v) is 6.09. The molecule has 1 aliphatic rings. The maximum Gasteiger partial charge on any atom is 0.256 e. The van der Waals surface area contributed by atoms with Crippen LogP contribution in [0.15, 0.2) is 42.7 Å². The smallest absolute Gasteiger partial charge is 0.256 e. The molecule has 0 unspecified atom stereocenters. The highest BCUT2D eigenvalue weighted by molar-refractivity contribution is 5.82. The molecule has 0 radical (unpaired) electrons. The van der Waals surface area contributed by atoms with Gasteiger partial charge in [0.05, 0.1) is 18.8 Å². The van der Waals surface area contributed by atoms with Gasteiger partial charge in [0, 0.05) is 19.9 Å². The lowest BCUT2D eigenvalue weighted by Gasteiger charge is -2.28. The summed E-state index contributed by atoms with van der Waals surface area (Å²) in [5.41, 5.74) is 2.04. The highest BCUT2D eigenvalue weighted by atomic mass is 16.5. The minimum Gasteiger partial charge on any atom is -0.367 e. The molecule has 23 heavy (non-hydrogen) atoms. The second-order valence-electron chi connectivity index (χ2n) is 6.09. The first-order chi connectivity index (χ1) is 11.2. The van der Waals surface area contributed by atoms with Crippen LogP contribution < -0.4 is 0 Å². The number of aromatic nitrogens is 2. The largest absolute Gasteiger partial charge is 0.367 e. The Bertz CT molecular complexity index is 653. The molecule has 0 bridgehead atoms. The van der Waals surface area contributed by atoms with Crippen molar-refractivity contribution in [2.45, 2.75) is 38.5 Å². The number of methoxy groups -OCH3 is 1. The zero-order valence-electron chi connectivity index (χ0n) is 13.7. The lowest BCUT2D eigenvalue weighted by Crippen LogP contribution is -2.41. The van der Waals surface area contributed by atoms with E-state index in [4.69, 9.17) is 4.74 Å². The van der Waals surface area contributed by atoms with Gasteiger partial charge < -0.3 is 9.64 Å². The lowest BCUT2D eigenvalue weighted by molar-refractivity contribution is -0.143. The van der Waals surface area contributed by atoms with Gasteiger partial charge in [-0.25, -0.2) is 0 Å². The Morgan fingerprint density at radius 2 is 2.17 bits per heavy atom. The first-order valence-electron chi connectivity index (χ1n) is 8.06. The summed E-state index contributed by atoms with van der Waals surface area (Å²) in [5, 5.41) is 4.34. The zero-order chi connectivity index (χ0) is 16.2. The van der Waals surface area contributed by atoms with Crippen LogP contribution in [0.2, 0.25) is 0 Å². The molecule has 1 fully saturated rings. The van der Waals surface area contributed by atoms with Crippen molar-refractivity contribution in [2.24, 2.45) is 0 Å². The summed E-state index contributed by atoms with van der Waals surface area (Å²) < 4.78 is 7.43. The number of benzene rings is 1. The van der Waals surface area contributed by atoms with E-state index in [1.54, 1.807) is 7.11 Å². The molecule has 2 aromatic rings. The number of aryl methyl sites for hydroxylation is 1. The van der Waals surface area contributed by atoms with Crippen LogP contribution in [-0.2, 0) is 16.1 Å². The number of carbonyl (C=O) groups is 1. The zero-order valence-corrected chi connectivity index (χ0v) is 13.7. The molecule has 2 atom stereocenters. The number of hydrogen-bond acceptors (Lipinski definition) is 3. The Balaban J connectivity index is 1.74.